The highest BCUT2D eigenvalue weighted by Gasteiger charge is 2.09. The first kappa shape index (κ1) is 18.4. The Kier molecular flexibility index (Phi) is 5.90. The zero-order chi connectivity index (χ0) is 18.5. The van der Waals surface area contributed by atoms with E-state index in [1.54, 1.807) is 47.1 Å². The van der Waals surface area contributed by atoms with Gasteiger partial charge in [0.05, 0.1) is 23.4 Å². The minimum absolute atomic E-state index is 0.127. The molecule has 3 rings (SSSR count). The number of ether oxygens (including phenoxy) is 1. The highest BCUT2D eigenvalue weighted by Crippen LogP contribution is 2.27. The van der Waals surface area contributed by atoms with Gasteiger partial charge in [0.25, 0.3) is 0 Å². The zero-order valence-electron chi connectivity index (χ0n) is 14.9. The largest absolute Gasteiger partial charge is 0.504 e. The number of hydrogen-bond donors (Lipinski definition) is 1. The van der Waals surface area contributed by atoms with Gasteiger partial charge < -0.3 is 9.84 Å². The van der Waals surface area contributed by atoms with Crippen LogP contribution in [0.3, 0.4) is 0 Å². The number of phenols is 1. The molecular formula is C19H21N3O2S2. The minimum Gasteiger partial charge on any atom is -0.504 e. The number of thiazole rings is 1. The molecule has 1 aromatic carbocycles. The van der Waals surface area contributed by atoms with Gasteiger partial charge in [-0.1, -0.05) is 6.07 Å². The third-order valence-electron chi connectivity index (χ3n) is 3.43. The number of rotatable bonds is 6. The van der Waals surface area contributed by atoms with E-state index in [0.717, 1.165) is 20.9 Å². The Labute approximate surface area is 160 Å². The molecule has 0 bridgehead atoms. The Hall–Kier alpha value is -2.38. The number of nitrogens with zero attached hydrogens (tertiary/aromatic N) is 3. The molecule has 0 aliphatic carbocycles. The number of aromatic nitrogens is 1. The molecule has 136 valence electrons. The summed E-state index contributed by atoms with van der Waals surface area (Å²) in [6.45, 7) is 6.47. The minimum atomic E-state index is 0.127. The Morgan fingerprint density at radius 2 is 2.12 bits per heavy atom. The maximum absolute atomic E-state index is 9.84. The molecule has 0 spiro atoms. The molecule has 0 fully saturated rings. The maximum Gasteiger partial charge on any atom is 0.206 e. The number of aromatic hydroxyl groups is 1. The molecule has 0 aliphatic heterocycles. The average molecular weight is 388 g/mol. The van der Waals surface area contributed by atoms with E-state index in [9.17, 15) is 5.11 Å². The quantitative estimate of drug-likeness (QED) is 0.630. The molecule has 0 saturated carbocycles. The summed E-state index contributed by atoms with van der Waals surface area (Å²) in [4.78, 5) is 6.66. The predicted molar refractivity (Wildman–Crippen MR) is 109 cm³/mol. The van der Waals surface area contributed by atoms with Crippen LogP contribution < -0.4 is 9.54 Å². The van der Waals surface area contributed by atoms with Gasteiger partial charge in [-0.25, -0.2) is 4.68 Å². The second-order valence-corrected chi connectivity index (χ2v) is 7.60. The van der Waals surface area contributed by atoms with E-state index in [0.29, 0.717) is 12.4 Å². The molecule has 0 aliphatic rings. The summed E-state index contributed by atoms with van der Waals surface area (Å²) >= 11 is 3.25. The van der Waals surface area contributed by atoms with Crippen LogP contribution >= 0.6 is 22.7 Å². The van der Waals surface area contributed by atoms with E-state index in [1.807, 2.05) is 31.5 Å². The molecule has 0 saturated heterocycles. The highest BCUT2D eigenvalue weighted by atomic mass is 32.1. The van der Waals surface area contributed by atoms with E-state index < -0.39 is 0 Å². The smallest absolute Gasteiger partial charge is 0.206 e. The lowest BCUT2D eigenvalue weighted by molar-refractivity contribution is 0.318. The Balaban J connectivity index is 2.02. The Morgan fingerprint density at radius 3 is 2.81 bits per heavy atom. The first-order valence-corrected chi connectivity index (χ1v) is 10.1. The van der Waals surface area contributed by atoms with E-state index in [4.69, 9.17) is 4.74 Å². The first-order chi connectivity index (χ1) is 12.6. The lowest BCUT2D eigenvalue weighted by atomic mass is 10.2. The van der Waals surface area contributed by atoms with Crippen molar-refractivity contribution in [3.8, 4) is 22.1 Å². The van der Waals surface area contributed by atoms with Gasteiger partial charge in [-0.3, -0.25) is 4.99 Å². The van der Waals surface area contributed by atoms with Crippen molar-refractivity contribution in [2.24, 2.45) is 10.1 Å². The fourth-order valence-corrected chi connectivity index (χ4v) is 4.08. The summed E-state index contributed by atoms with van der Waals surface area (Å²) in [6.07, 6.45) is 1.76. The van der Waals surface area contributed by atoms with Gasteiger partial charge in [0.15, 0.2) is 11.5 Å². The van der Waals surface area contributed by atoms with E-state index >= 15 is 0 Å². The molecule has 0 amide bonds. The van der Waals surface area contributed by atoms with Crippen molar-refractivity contribution in [2.45, 2.75) is 26.8 Å². The van der Waals surface area contributed by atoms with Crippen LogP contribution in [0.2, 0.25) is 0 Å². The van der Waals surface area contributed by atoms with Crippen LogP contribution in [-0.4, -0.2) is 28.6 Å². The van der Waals surface area contributed by atoms with Gasteiger partial charge in [0, 0.05) is 11.4 Å². The number of thiophene rings is 1. The van der Waals surface area contributed by atoms with Crippen molar-refractivity contribution in [2.75, 3.05) is 6.61 Å². The molecule has 0 unspecified atom stereocenters. The molecule has 3 aromatic rings. The summed E-state index contributed by atoms with van der Waals surface area (Å²) in [5.74, 6) is 0.583. The van der Waals surface area contributed by atoms with Gasteiger partial charge in [-0.05, 0) is 56.0 Å². The average Bonchev–Trinajstić information content (AvgIpc) is 3.25. The first-order valence-electron chi connectivity index (χ1n) is 8.37. The van der Waals surface area contributed by atoms with E-state index in [-0.39, 0.29) is 11.8 Å². The SMILES string of the molecule is CCOc1cc(C=Nn2c(-c3cccs3)csc2=NC(C)C)ccc1O. The molecular weight excluding hydrogens is 366 g/mol. The van der Waals surface area contributed by atoms with Crippen molar-refractivity contribution < 1.29 is 9.84 Å². The van der Waals surface area contributed by atoms with Crippen molar-refractivity contribution in [1.29, 1.82) is 0 Å². The van der Waals surface area contributed by atoms with Crippen LogP contribution in [-0.2, 0) is 0 Å². The third-order valence-corrected chi connectivity index (χ3v) is 5.16. The molecule has 26 heavy (non-hydrogen) atoms. The standard InChI is InChI=1S/C19H21N3O2S2/c1-4-24-17-10-14(7-8-16(17)23)11-20-22-15(18-6-5-9-25-18)12-26-19(22)21-13(2)3/h5-13,23H,4H2,1-3H3. The van der Waals surface area contributed by atoms with E-state index in [2.05, 4.69) is 26.9 Å². The van der Waals surface area contributed by atoms with E-state index in [1.165, 1.54) is 0 Å². The normalized spacial score (nSPS) is 12.4. The second kappa shape index (κ2) is 8.33. The van der Waals surface area contributed by atoms with Gasteiger partial charge in [-0.15, -0.1) is 22.7 Å². The van der Waals surface area contributed by atoms with Crippen molar-refractivity contribution in [3.05, 3.63) is 51.5 Å². The summed E-state index contributed by atoms with van der Waals surface area (Å²) in [5.41, 5.74) is 1.86. The lowest BCUT2D eigenvalue weighted by Gasteiger charge is -2.06. The number of benzene rings is 1. The second-order valence-electron chi connectivity index (χ2n) is 5.82. The monoisotopic (exact) mass is 387 g/mol. The van der Waals surface area contributed by atoms with Crippen LogP contribution in [0, 0.1) is 0 Å². The summed E-state index contributed by atoms with van der Waals surface area (Å²) in [7, 11) is 0. The van der Waals surface area contributed by atoms with Crippen LogP contribution in [0.1, 0.15) is 26.3 Å². The Morgan fingerprint density at radius 1 is 1.27 bits per heavy atom. The fraction of sp³-hybridized carbons (Fsp3) is 0.263. The van der Waals surface area contributed by atoms with Crippen molar-refractivity contribution >= 4 is 28.9 Å². The Bertz CT molecular complexity index is 954. The predicted octanol–water partition coefficient (Wildman–Crippen LogP) is 4.57. The van der Waals surface area contributed by atoms with Crippen LogP contribution in [0.4, 0.5) is 0 Å². The highest BCUT2D eigenvalue weighted by molar-refractivity contribution is 7.14. The third kappa shape index (κ3) is 4.23. The molecule has 2 heterocycles. The molecule has 2 aromatic heterocycles. The van der Waals surface area contributed by atoms with Gasteiger partial charge in [0.2, 0.25) is 4.80 Å². The molecule has 0 atom stereocenters. The van der Waals surface area contributed by atoms with Crippen LogP contribution in [0.5, 0.6) is 11.5 Å². The number of hydrogen-bond acceptors (Lipinski definition) is 6. The summed E-state index contributed by atoms with van der Waals surface area (Å²) in [5, 5.41) is 18.6. The summed E-state index contributed by atoms with van der Waals surface area (Å²) in [6, 6.07) is 9.48. The molecule has 0 radical (unpaired) electrons. The molecule has 5 nitrogen and oxygen atoms in total. The topological polar surface area (TPSA) is 59.1 Å². The zero-order valence-corrected chi connectivity index (χ0v) is 16.5. The summed E-state index contributed by atoms with van der Waals surface area (Å²) < 4.78 is 7.30. The van der Waals surface area contributed by atoms with Gasteiger partial charge in [0.1, 0.15) is 0 Å². The maximum atomic E-state index is 9.84. The van der Waals surface area contributed by atoms with Crippen molar-refractivity contribution in [3.63, 3.8) is 0 Å². The fourth-order valence-electron chi connectivity index (χ4n) is 2.32. The molecule has 7 heteroatoms. The van der Waals surface area contributed by atoms with Gasteiger partial charge in [-0.2, -0.15) is 5.10 Å². The van der Waals surface area contributed by atoms with Crippen LogP contribution in [0.15, 0.2) is 51.2 Å². The van der Waals surface area contributed by atoms with Crippen molar-refractivity contribution in [1.82, 2.24) is 4.68 Å². The van der Waals surface area contributed by atoms with Gasteiger partial charge >= 0.3 is 0 Å². The lowest BCUT2D eigenvalue weighted by Crippen LogP contribution is -2.14. The number of phenolic OH excluding ortho intramolecular Hbond substituents is 1. The van der Waals surface area contributed by atoms with Crippen LogP contribution in [0.25, 0.3) is 10.6 Å². The molecule has 1 N–H and O–H groups in total.